The molecule has 4 rings (SSSR count). The molecule has 0 unspecified atom stereocenters. The van der Waals surface area contributed by atoms with Crippen LogP contribution in [0, 0.1) is 13.8 Å². The molecule has 0 aliphatic carbocycles. The minimum absolute atomic E-state index is 0.671. The second-order valence-corrected chi connectivity index (χ2v) is 8.67. The summed E-state index contributed by atoms with van der Waals surface area (Å²) in [7, 11) is 0. The summed E-state index contributed by atoms with van der Waals surface area (Å²) in [5.74, 6) is 1.62. The van der Waals surface area contributed by atoms with E-state index >= 15 is 0 Å². The lowest BCUT2D eigenvalue weighted by atomic mass is 10.1. The quantitative estimate of drug-likeness (QED) is 0.266. The van der Waals surface area contributed by atoms with Crippen molar-refractivity contribution in [3.05, 3.63) is 83.4 Å². The number of benzene rings is 2. The van der Waals surface area contributed by atoms with Gasteiger partial charge in [0.2, 0.25) is 0 Å². The fourth-order valence-electron chi connectivity index (χ4n) is 3.03. The first kappa shape index (κ1) is 19.6. The van der Waals surface area contributed by atoms with Crippen LogP contribution in [0.2, 0.25) is 0 Å². The maximum Gasteiger partial charge on any atom is 0.192 e. The molecule has 0 bridgehead atoms. The Bertz CT molecular complexity index is 1130. The number of nitrogens with zero attached hydrogens (tertiary/aromatic N) is 4. The minimum atomic E-state index is 0.671. The molecular formula is C23H22N4S2. The smallest absolute Gasteiger partial charge is 0.192 e. The van der Waals surface area contributed by atoms with E-state index in [2.05, 4.69) is 89.1 Å². The van der Waals surface area contributed by atoms with Gasteiger partial charge in [0.1, 0.15) is 5.01 Å². The third-order valence-corrected chi connectivity index (χ3v) is 6.44. The van der Waals surface area contributed by atoms with Gasteiger partial charge in [0.05, 0.1) is 5.69 Å². The van der Waals surface area contributed by atoms with Crippen LogP contribution in [0.4, 0.5) is 0 Å². The van der Waals surface area contributed by atoms with E-state index in [1.54, 1.807) is 23.1 Å². The fourth-order valence-corrected chi connectivity index (χ4v) is 4.79. The van der Waals surface area contributed by atoms with Crippen LogP contribution in [0.25, 0.3) is 22.0 Å². The largest absolute Gasteiger partial charge is 0.298 e. The molecule has 2 aromatic heterocycles. The van der Waals surface area contributed by atoms with Crippen molar-refractivity contribution >= 4 is 23.1 Å². The molecule has 0 spiro atoms. The highest BCUT2D eigenvalue weighted by Gasteiger charge is 2.14. The zero-order valence-electron chi connectivity index (χ0n) is 16.5. The molecule has 0 saturated heterocycles. The average Bonchev–Trinajstić information content (AvgIpc) is 3.35. The normalized spacial score (nSPS) is 11.0. The number of hydrogen-bond donors (Lipinski definition) is 0. The van der Waals surface area contributed by atoms with Gasteiger partial charge in [-0.2, -0.15) is 0 Å². The van der Waals surface area contributed by atoms with E-state index in [4.69, 9.17) is 4.98 Å². The third-order valence-electron chi connectivity index (χ3n) is 4.50. The summed E-state index contributed by atoms with van der Waals surface area (Å²) < 4.78 is 2.11. The van der Waals surface area contributed by atoms with Crippen molar-refractivity contribution in [1.82, 2.24) is 19.7 Å². The predicted octanol–water partition coefficient (Wildman–Crippen LogP) is 6.16. The molecular weight excluding hydrogens is 396 g/mol. The number of aromatic nitrogens is 4. The van der Waals surface area contributed by atoms with Crippen molar-refractivity contribution in [2.45, 2.75) is 31.3 Å². The van der Waals surface area contributed by atoms with Crippen molar-refractivity contribution in [2.24, 2.45) is 0 Å². The fraction of sp³-hybridized carbons (Fsp3) is 0.174. The Labute approximate surface area is 179 Å². The Kier molecular flexibility index (Phi) is 5.92. The van der Waals surface area contributed by atoms with E-state index in [1.165, 1.54) is 16.7 Å². The van der Waals surface area contributed by atoms with Crippen molar-refractivity contribution in [3.8, 4) is 22.0 Å². The summed E-state index contributed by atoms with van der Waals surface area (Å²) >= 11 is 3.34. The molecule has 0 aliphatic rings. The average molecular weight is 419 g/mol. The first-order valence-electron chi connectivity index (χ1n) is 9.39. The maximum absolute atomic E-state index is 4.81. The number of rotatable bonds is 7. The van der Waals surface area contributed by atoms with Crippen LogP contribution in [0.15, 0.2) is 71.7 Å². The molecule has 29 heavy (non-hydrogen) atoms. The lowest BCUT2D eigenvalue weighted by Crippen LogP contribution is -2.00. The van der Waals surface area contributed by atoms with Gasteiger partial charge in [0, 0.05) is 28.8 Å². The van der Waals surface area contributed by atoms with Crippen molar-refractivity contribution in [3.63, 3.8) is 0 Å². The molecule has 0 saturated carbocycles. The molecule has 4 aromatic rings. The molecule has 0 amide bonds. The summed E-state index contributed by atoms with van der Waals surface area (Å²) in [5.41, 5.74) is 5.76. The van der Waals surface area contributed by atoms with E-state index in [0.717, 1.165) is 33.0 Å². The lowest BCUT2D eigenvalue weighted by Gasteiger charge is -2.07. The Balaban J connectivity index is 1.53. The van der Waals surface area contributed by atoms with Gasteiger partial charge < -0.3 is 0 Å². The number of thiazole rings is 1. The topological polar surface area (TPSA) is 43.6 Å². The first-order chi connectivity index (χ1) is 14.1. The van der Waals surface area contributed by atoms with Crippen LogP contribution in [0.5, 0.6) is 0 Å². The molecule has 6 heteroatoms. The van der Waals surface area contributed by atoms with Gasteiger partial charge in [-0.05, 0) is 19.9 Å². The first-order valence-corrected chi connectivity index (χ1v) is 11.3. The lowest BCUT2D eigenvalue weighted by molar-refractivity contribution is 0.731. The van der Waals surface area contributed by atoms with E-state index in [0.29, 0.717) is 6.54 Å². The van der Waals surface area contributed by atoms with Gasteiger partial charge in [0.15, 0.2) is 11.0 Å². The highest BCUT2D eigenvalue weighted by Crippen LogP contribution is 2.29. The molecule has 2 aromatic carbocycles. The molecule has 0 radical (unpaired) electrons. The van der Waals surface area contributed by atoms with Crippen LogP contribution in [-0.4, -0.2) is 19.7 Å². The van der Waals surface area contributed by atoms with Gasteiger partial charge in [-0.25, -0.2) is 4.98 Å². The second-order valence-electron chi connectivity index (χ2n) is 6.87. The summed E-state index contributed by atoms with van der Waals surface area (Å²) in [6, 6.07) is 16.8. The summed E-state index contributed by atoms with van der Waals surface area (Å²) in [6.45, 7) is 8.75. The van der Waals surface area contributed by atoms with Crippen LogP contribution in [0.1, 0.15) is 16.8 Å². The van der Waals surface area contributed by atoms with Gasteiger partial charge in [-0.15, -0.1) is 28.1 Å². The van der Waals surface area contributed by atoms with Crippen LogP contribution >= 0.6 is 23.1 Å². The molecule has 0 N–H and O–H groups in total. The van der Waals surface area contributed by atoms with Gasteiger partial charge in [0.25, 0.3) is 0 Å². The van der Waals surface area contributed by atoms with Crippen LogP contribution in [0.3, 0.4) is 0 Å². The maximum atomic E-state index is 4.81. The number of hydrogen-bond acceptors (Lipinski definition) is 5. The Hall–Kier alpha value is -2.70. The second kappa shape index (κ2) is 8.76. The standard InChI is InChI=1S/C23H22N4S2/c1-4-12-27-21(18-10-8-16(2)9-11-18)25-26-23(27)29-15-20-14-28-22(24-20)19-7-5-6-17(3)13-19/h4-11,13-14H,1,12,15H2,2-3H3. The molecule has 4 nitrogen and oxygen atoms in total. The Morgan fingerprint density at radius 1 is 1.03 bits per heavy atom. The van der Waals surface area contributed by atoms with Gasteiger partial charge in [-0.1, -0.05) is 71.4 Å². The monoisotopic (exact) mass is 418 g/mol. The van der Waals surface area contributed by atoms with Crippen LogP contribution in [-0.2, 0) is 12.3 Å². The van der Waals surface area contributed by atoms with Crippen molar-refractivity contribution < 1.29 is 0 Å². The summed E-state index contributed by atoms with van der Waals surface area (Å²) in [6.07, 6.45) is 1.88. The number of thioether (sulfide) groups is 1. The molecule has 146 valence electrons. The van der Waals surface area contributed by atoms with Crippen LogP contribution < -0.4 is 0 Å². The van der Waals surface area contributed by atoms with Crippen molar-refractivity contribution in [1.29, 1.82) is 0 Å². The highest BCUT2D eigenvalue weighted by atomic mass is 32.2. The summed E-state index contributed by atoms with van der Waals surface area (Å²) in [4.78, 5) is 4.81. The van der Waals surface area contributed by atoms with Crippen molar-refractivity contribution in [2.75, 3.05) is 0 Å². The number of allylic oxidation sites excluding steroid dienone is 1. The third kappa shape index (κ3) is 4.49. The zero-order valence-corrected chi connectivity index (χ0v) is 18.1. The summed E-state index contributed by atoms with van der Waals surface area (Å²) in [5, 5.41) is 12.9. The molecule has 0 fully saturated rings. The Morgan fingerprint density at radius 2 is 1.86 bits per heavy atom. The predicted molar refractivity (Wildman–Crippen MR) is 122 cm³/mol. The molecule has 0 aliphatic heterocycles. The molecule has 2 heterocycles. The zero-order chi connectivity index (χ0) is 20.2. The minimum Gasteiger partial charge on any atom is -0.298 e. The Morgan fingerprint density at radius 3 is 2.62 bits per heavy atom. The van der Waals surface area contributed by atoms with Gasteiger partial charge >= 0.3 is 0 Å². The SMILES string of the molecule is C=CCn1c(SCc2csc(-c3cccc(C)c3)n2)nnc1-c1ccc(C)cc1. The molecule has 0 atom stereocenters. The van der Waals surface area contributed by atoms with Gasteiger partial charge in [-0.3, -0.25) is 4.57 Å². The van der Waals surface area contributed by atoms with E-state index in [9.17, 15) is 0 Å². The highest BCUT2D eigenvalue weighted by molar-refractivity contribution is 7.98. The van der Waals surface area contributed by atoms with E-state index in [-0.39, 0.29) is 0 Å². The van der Waals surface area contributed by atoms with E-state index in [1.807, 2.05) is 6.08 Å². The van der Waals surface area contributed by atoms with E-state index < -0.39 is 0 Å². The number of aryl methyl sites for hydroxylation is 2.